The maximum Gasteiger partial charge on any atom is 0.193 e. The number of ether oxygens (including phenoxy) is 1. The summed E-state index contributed by atoms with van der Waals surface area (Å²) in [5, 5.41) is 6.72. The molecule has 0 amide bonds. The maximum atomic E-state index is 12.8. The van der Waals surface area contributed by atoms with Gasteiger partial charge in [0.15, 0.2) is 5.96 Å². The highest BCUT2D eigenvalue weighted by Crippen LogP contribution is 2.10. The van der Waals surface area contributed by atoms with Gasteiger partial charge in [0.25, 0.3) is 0 Å². The predicted molar refractivity (Wildman–Crippen MR) is 93.6 cm³/mol. The number of nitrogens with one attached hydrogen (secondary N) is 2. The molecule has 0 unspecified atom stereocenters. The molecule has 0 radical (unpaired) electrons. The Hall–Kier alpha value is -1.82. The Morgan fingerprint density at radius 2 is 1.87 bits per heavy atom. The predicted octanol–water partition coefficient (Wildman–Crippen LogP) is 2.10. The Morgan fingerprint density at radius 3 is 2.43 bits per heavy atom. The van der Waals surface area contributed by atoms with Gasteiger partial charge in [-0.3, -0.25) is 4.99 Å². The van der Waals surface area contributed by atoms with Crippen LogP contribution >= 0.6 is 0 Å². The van der Waals surface area contributed by atoms with Crippen LogP contribution in [0.4, 0.5) is 4.39 Å². The lowest BCUT2D eigenvalue weighted by molar-refractivity contribution is 0.281. The molecule has 0 aliphatic carbocycles. The second-order valence-corrected chi connectivity index (χ2v) is 6.37. The van der Waals surface area contributed by atoms with Crippen molar-refractivity contribution in [3.8, 4) is 5.75 Å². The van der Waals surface area contributed by atoms with Gasteiger partial charge in [0.2, 0.25) is 0 Å². The molecule has 130 valence electrons. The zero-order valence-electron chi connectivity index (χ0n) is 14.8. The quantitative estimate of drug-likeness (QED) is 0.458. The van der Waals surface area contributed by atoms with Crippen molar-refractivity contribution in [3.05, 3.63) is 30.1 Å². The zero-order valence-corrected chi connectivity index (χ0v) is 14.8. The van der Waals surface area contributed by atoms with Crippen LogP contribution in [0.2, 0.25) is 0 Å². The summed E-state index contributed by atoms with van der Waals surface area (Å²) in [6.45, 7) is 9.27. The molecule has 0 aliphatic rings. The van der Waals surface area contributed by atoms with Gasteiger partial charge < -0.3 is 20.3 Å². The molecule has 1 aromatic carbocycles. The lowest BCUT2D eigenvalue weighted by atomic mass is 10.1. The summed E-state index contributed by atoms with van der Waals surface area (Å²) < 4.78 is 18.4. The van der Waals surface area contributed by atoms with Crippen molar-refractivity contribution in [2.24, 2.45) is 4.99 Å². The van der Waals surface area contributed by atoms with Crippen molar-refractivity contribution >= 4 is 5.96 Å². The van der Waals surface area contributed by atoms with E-state index in [4.69, 9.17) is 4.74 Å². The van der Waals surface area contributed by atoms with Crippen LogP contribution in [0.3, 0.4) is 0 Å². The maximum absolute atomic E-state index is 12.8. The van der Waals surface area contributed by atoms with Crippen molar-refractivity contribution in [3.63, 3.8) is 0 Å². The molecular formula is C17H29FN4O. The van der Waals surface area contributed by atoms with E-state index in [1.54, 1.807) is 19.2 Å². The van der Waals surface area contributed by atoms with Gasteiger partial charge in [-0.25, -0.2) is 4.39 Å². The number of nitrogens with zero attached hydrogens (tertiary/aromatic N) is 2. The molecule has 0 aliphatic heterocycles. The highest BCUT2D eigenvalue weighted by molar-refractivity contribution is 5.79. The van der Waals surface area contributed by atoms with E-state index in [1.807, 2.05) is 11.9 Å². The summed E-state index contributed by atoms with van der Waals surface area (Å²) in [5.74, 6) is 1.23. The third-order valence-electron chi connectivity index (χ3n) is 3.15. The molecule has 0 saturated carbocycles. The Morgan fingerprint density at radius 1 is 1.22 bits per heavy atom. The van der Waals surface area contributed by atoms with Gasteiger partial charge in [-0.15, -0.1) is 0 Å². The van der Waals surface area contributed by atoms with Gasteiger partial charge >= 0.3 is 0 Å². The smallest absolute Gasteiger partial charge is 0.193 e. The molecule has 0 bridgehead atoms. The van der Waals surface area contributed by atoms with E-state index < -0.39 is 0 Å². The van der Waals surface area contributed by atoms with Crippen LogP contribution in [0.15, 0.2) is 29.3 Å². The first kappa shape index (κ1) is 19.2. The fourth-order valence-corrected chi connectivity index (χ4v) is 1.93. The standard InChI is InChI=1S/C17H29FN4O/c1-17(2,3)21-11-10-20-16(19-4)22(5)12-13-23-15-8-6-14(18)7-9-15/h6-9,21H,10-13H2,1-5H3,(H,19,20). The molecule has 23 heavy (non-hydrogen) atoms. The third kappa shape index (κ3) is 8.40. The Bertz CT molecular complexity index is 482. The molecule has 0 aromatic heterocycles. The van der Waals surface area contributed by atoms with E-state index >= 15 is 0 Å². The monoisotopic (exact) mass is 324 g/mol. The minimum absolute atomic E-state index is 0.111. The van der Waals surface area contributed by atoms with Gasteiger partial charge in [-0.05, 0) is 45.0 Å². The van der Waals surface area contributed by atoms with E-state index in [0.29, 0.717) is 18.9 Å². The zero-order chi connectivity index (χ0) is 17.3. The number of rotatable bonds is 7. The summed E-state index contributed by atoms with van der Waals surface area (Å²) in [6.07, 6.45) is 0. The van der Waals surface area contributed by atoms with E-state index in [-0.39, 0.29) is 11.4 Å². The van der Waals surface area contributed by atoms with E-state index in [2.05, 4.69) is 36.4 Å². The number of aliphatic imine (C=N–C) groups is 1. The first-order valence-corrected chi connectivity index (χ1v) is 7.87. The summed E-state index contributed by atoms with van der Waals surface area (Å²) >= 11 is 0. The van der Waals surface area contributed by atoms with Crippen LogP contribution in [0.5, 0.6) is 5.75 Å². The van der Waals surface area contributed by atoms with Gasteiger partial charge in [0.1, 0.15) is 18.2 Å². The minimum atomic E-state index is -0.261. The summed E-state index contributed by atoms with van der Waals surface area (Å²) in [5.41, 5.74) is 0.111. The SMILES string of the molecule is CN=C(NCCNC(C)(C)C)N(C)CCOc1ccc(F)cc1. The number of hydrogen-bond acceptors (Lipinski definition) is 3. The molecule has 1 rings (SSSR count). The van der Waals surface area contributed by atoms with Gasteiger partial charge in [-0.1, -0.05) is 0 Å². The molecule has 0 heterocycles. The second kappa shape index (κ2) is 9.35. The average Bonchev–Trinajstić information content (AvgIpc) is 2.48. The molecule has 0 spiro atoms. The van der Waals surface area contributed by atoms with E-state index in [9.17, 15) is 4.39 Å². The fourth-order valence-electron chi connectivity index (χ4n) is 1.93. The molecular weight excluding hydrogens is 295 g/mol. The number of halogens is 1. The van der Waals surface area contributed by atoms with Crippen molar-refractivity contribution in [2.45, 2.75) is 26.3 Å². The first-order chi connectivity index (χ1) is 10.8. The number of guanidine groups is 1. The van der Waals surface area contributed by atoms with Gasteiger partial charge in [0, 0.05) is 32.7 Å². The Kier molecular flexibility index (Phi) is 7.81. The van der Waals surface area contributed by atoms with E-state index in [0.717, 1.165) is 19.0 Å². The molecule has 6 heteroatoms. The topological polar surface area (TPSA) is 48.9 Å². The molecule has 0 atom stereocenters. The van der Waals surface area contributed by atoms with Crippen LogP contribution in [0.1, 0.15) is 20.8 Å². The molecule has 2 N–H and O–H groups in total. The van der Waals surface area contributed by atoms with Gasteiger partial charge in [-0.2, -0.15) is 0 Å². The van der Waals surface area contributed by atoms with E-state index in [1.165, 1.54) is 12.1 Å². The average molecular weight is 324 g/mol. The summed E-state index contributed by atoms with van der Waals surface area (Å²) in [7, 11) is 3.72. The highest BCUT2D eigenvalue weighted by Gasteiger charge is 2.09. The number of hydrogen-bond donors (Lipinski definition) is 2. The summed E-state index contributed by atoms with van der Waals surface area (Å²) in [6, 6.07) is 6.03. The fraction of sp³-hybridized carbons (Fsp3) is 0.588. The first-order valence-electron chi connectivity index (χ1n) is 7.87. The molecule has 0 saturated heterocycles. The number of likely N-dealkylation sites (N-methyl/N-ethyl adjacent to an activating group) is 1. The summed E-state index contributed by atoms with van der Waals surface area (Å²) in [4.78, 5) is 6.26. The number of benzene rings is 1. The van der Waals surface area contributed by atoms with Crippen LogP contribution in [0.25, 0.3) is 0 Å². The Labute approximate surface area is 138 Å². The normalized spacial score (nSPS) is 12.2. The lowest BCUT2D eigenvalue weighted by Crippen LogP contribution is -2.45. The molecule has 1 aromatic rings. The minimum Gasteiger partial charge on any atom is -0.492 e. The van der Waals surface area contributed by atoms with Crippen molar-refractivity contribution in [1.29, 1.82) is 0 Å². The lowest BCUT2D eigenvalue weighted by Gasteiger charge is -2.24. The largest absolute Gasteiger partial charge is 0.492 e. The van der Waals surface area contributed by atoms with Crippen LogP contribution in [-0.2, 0) is 0 Å². The van der Waals surface area contributed by atoms with Crippen LogP contribution in [-0.4, -0.2) is 56.7 Å². The van der Waals surface area contributed by atoms with Gasteiger partial charge in [0.05, 0.1) is 6.54 Å². The Balaban J connectivity index is 2.28. The molecule has 0 fully saturated rings. The van der Waals surface area contributed by atoms with Crippen molar-refractivity contribution < 1.29 is 9.13 Å². The van der Waals surface area contributed by atoms with Crippen molar-refractivity contribution in [2.75, 3.05) is 40.3 Å². The third-order valence-corrected chi connectivity index (χ3v) is 3.15. The van der Waals surface area contributed by atoms with Crippen molar-refractivity contribution in [1.82, 2.24) is 15.5 Å². The van der Waals surface area contributed by atoms with Crippen LogP contribution < -0.4 is 15.4 Å². The molecule has 5 nitrogen and oxygen atoms in total. The van der Waals surface area contributed by atoms with Crippen LogP contribution in [0, 0.1) is 5.82 Å². The highest BCUT2D eigenvalue weighted by atomic mass is 19.1. The second-order valence-electron chi connectivity index (χ2n) is 6.37.